The molecule has 244 valence electrons. The minimum absolute atomic E-state index is 0.0272. The molecule has 1 saturated heterocycles. The highest BCUT2D eigenvalue weighted by atomic mass is 16.6. The Labute approximate surface area is 262 Å². The molecule has 0 bridgehead atoms. The molecule has 1 aliphatic rings. The number of hydrogen-bond acceptors (Lipinski definition) is 12. The van der Waals surface area contributed by atoms with Crippen LogP contribution < -0.4 is 25.8 Å². The second kappa shape index (κ2) is 16.1. The van der Waals surface area contributed by atoms with Gasteiger partial charge in [-0.15, -0.1) is 0 Å². The number of amides is 2. The topological polar surface area (TPSA) is 239 Å². The molecule has 1 aliphatic heterocycles. The SMILES string of the molecule is COC(=O)c1cc(OC)c(NCC=CCNc2c(OCC#CCC3CCN(C(=O)O)C3)cc(C(N)=O)cc2[N+](=O)[O-])c([N+](=O)[O-])c1. The molecule has 1 unspecified atom stereocenters. The van der Waals surface area contributed by atoms with Crippen molar-refractivity contribution in [2.24, 2.45) is 11.7 Å². The number of methoxy groups -OCH3 is 2. The molecule has 1 atom stereocenters. The smallest absolute Gasteiger partial charge is 0.407 e. The lowest BCUT2D eigenvalue weighted by molar-refractivity contribution is -0.384. The Balaban J connectivity index is 1.70. The van der Waals surface area contributed by atoms with Crippen LogP contribution in [0.1, 0.15) is 33.6 Å². The van der Waals surface area contributed by atoms with Crippen molar-refractivity contribution in [3.63, 3.8) is 0 Å². The van der Waals surface area contributed by atoms with Crippen molar-refractivity contribution in [2.75, 3.05) is 57.6 Å². The molecular weight excluding hydrogens is 608 g/mol. The summed E-state index contributed by atoms with van der Waals surface area (Å²) in [4.78, 5) is 58.2. The maximum Gasteiger partial charge on any atom is 0.407 e. The fourth-order valence-electron chi connectivity index (χ4n) is 4.54. The van der Waals surface area contributed by atoms with Crippen molar-refractivity contribution >= 4 is 40.7 Å². The number of esters is 1. The molecule has 3 rings (SSSR count). The molecule has 0 spiro atoms. The summed E-state index contributed by atoms with van der Waals surface area (Å²) in [7, 11) is 2.43. The number of nitrogens with one attached hydrogen (secondary N) is 2. The van der Waals surface area contributed by atoms with Gasteiger partial charge in [0.25, 0.3) is 11.4 Å². The van der Waals surface area contributed by atoms with Gasteiger partial charge >= 0.3 is 12.1 Å². The number of carbonyl (C=O) groups is 3. The van der Waals surface area contributed by atoms with Crippen molar-refractivity contribution in [1.82, 2.24) is 4.90 Å². The number of likely N-dealkylation sites (tertiary alicyclic amines) is 1. The Kier molecular flexibility index (Phi) is 12.1. The summed E-state index contributed by atoms with van der Waals surface area (Å²) in [5.74, 6) is 4.16. The number of benzene rings is 2. The Morgan fingerprint density at radius 2 is 1.59 bits per heavy atom. The second-order valence-corrected chi connectivity index (χ2v) is 9.77. The maximum absolute atomic E-state index is 11.9. The Morgan fingerprint density at radius 1 is 1.00 bits per heavy atom. The van der Waals surface area contributed by atoms with Gasteiger partial charge in [0.15, 0.2) is 17.1 Å². The summed E-state index contributed by atoms with van der Waals surface area (Å²) in [6.45, 7) is 0.783. The van der Waals surface area contributed by atoms with E-state index >= 15 is 0 Å². The first-order valence-corrected chi connectivity index (χ1v) is 13.7. The first-order valence-electron chi connectivity index (χ1n) is 13.7. The summed E-state index contributed by atoms with van der Waals surface area (Å²) in [5, 5.41) is 38.3. The zero-order valence-electron chi connectivity index (χ0n) is 24.9. The number of primary amides is 1. The number of carboxylic acid groups (broad SMARTS) is 1. The Bertz CT molecular complexity index is 1600. The number of nitro groups is 2. The Morgan fingerprint density at radius 3 is 2.11 bits per heavy atom. The van der Waals surface area contributed by atoms with Crippen LogP contribution >= 0.6 is 0 Å². The molecule has 46 heavy (non-hydrogen) atoms. The number of nitrogens with zero attached hydrogens (tertiary/aromatic N) is 3. The molecule has 0 saturated carbocycles. The zero-order chi connectivity index (χ0) is 33.8. The van der Waals surface area contributed by atoms with Crippen molar-refractivity contribution in [3.8, 4) is 23.3 Å². The molecule has 2 aromatic carbocycles. The average molecular weight is 641 g/mol. The quantitative estimate of drug-likeness (QED) is 0.0763. The fourth-order valence-corrected chi connectivity index (χ4v) is 4.54. The van der Waals surface area contributed by atoms with E-state index in [0.29, 0.717) is 25.9 Å². The zero-order valence-corrected chi connectivity index (χ0v) is 24.9. The lowest BCUT2D eigenvalue weighted by Gasteiger charge is -2.13. The van der Waals surface area contributed by atoms with Gasteiger partial charge in [0.05, 0.1) is 29.6 Å². The maximum atomic E-state index is 11.9. The van der Waals surface area contributed by atoms with Crippen LogP contribution in [0.4, 0.5) is 27.5 Å². The highest BCUT2D eigenvalue weighted by Gasteiger charge is 2.26. The molecule has 5 N–H and O–H groups in total. The summed E-state index contributed by atoms with van der Waals surface area (Å²) in [6.07, 6.45) is 3.35. The highest BCUT2D eigenvalue weighted by molar-refractivity contribution is 5.96. The van der Waals surface area contributed by atoms with E-state index in [0.717, 1.165) is 19.2 Å². The minimum atomic E-state index is -0.975. The van der Waals surface area contributed by atoms with Gasteiger partial charge in [-0.05, 0) is 24.5 Å². The second-order valence-electron chi connectivity index (χ2n) is 9.77. The summed E-state index contributed by atoms with van der Waals surface area (Å²) in [5.41, 5.74) is 4.28. The third kappa shape index (κ3) is 8.98. The minimum Gasteiger partial charge on any atom is -0.494 e. The molecule has 0 aromatic heterocycles. The third-order valence-corrected chi connectivity index (χ3v) is 6.81. The lowest BCUT2D eigenvalue weighted by atomic mass is 10.1. The van der Waals surface area contributed by atoms with Gasteiger partial charge in [0.2, 0.25) is 5.91 Å². The van der Waals surface area contributed by atoms with Gasteiger partial charge in [-0.1, -0.05) is 24.0 Å². The average Bonchev–Trinajstić information content (AvgIpc) is 3.51. The van der Waals surface area contributed by atoms with E-state index in [4.69, 9.17) is 20.3 Å². The van der Waals surface area contributed by atoms with E-state index < -0.39 is 39.2 Å². The van der Waals surface area contributed by atoms with Crippen LogP contribution in [0.2, 0.25) is 0 Å². The van der Waals surface area contributed by atoms with Crippen LogP contribution in [0.25, 0.3) is 0 Å². The van der Waals surface area contributed by atoms with Gasteiger partial charge in [0.1, 0.15) is 12.4 Å². The number of nitro benzene ring substituents is 2. The van der Waals surface area contributed by atoms with Crippen molar-refractivity contribution in [2.45, 2.75) is 12.8 Å². The van der Waals surface area contributed by atoms with Crippen molar-refractivity contribution in [3.05, 3.63) is 67.8 Å². The van der Waals surface area contributed by atoms with E-state index in [2.05, 4.69) is 27.2 Å². The first kappa shape index (κ1) is 34.4. The summed E-state index contributed by atoms with van der Waals surface area (Å²) >= 11 is 0. The monoisotopic (exact) mass is 640 g/mol. The molecule has 2 amide bonds. The predicted octanol–water partition coefficient (Wildman–Crippen LogP) is 3.25. The van der Waals surface area contributed by atoms with E-state index in [1.165, 1.54) is 24.1 Å². The van der Waals surface area contributed by atoms with Gasteiger partial charge < -0.3 is 40.6 Å². The van der Waals surface area contributed by atoms with Crippen LogP contribution in [-0.2, 0) is 4.74 Å². The molecular formula is C29H32N6O11. The van der Waals surface area contributed by atoms with Crippen LogP contribution in [0.15, 0.2) is 36.4 Å². The number of nitrogens with two attached hydrogens (primary N) is 1. The fraction of sp³-hybridized carbons (Fsp3) is 0.345. The van der Waals surface area contributed by atoms with Gasteiger partial charge in [-0.2, -0.15) is 0 Å². The third-order valence-electron chi connectivity index (χ3n) is 6.81. The molecule has 17 heteroatoms. The number of rotatable bonds is 14. The lowest BCUT2D eigenvalue weighted by Crippen LogP contribution is -2.26. The van der Waals surface area contributed by atoms with Crippen molar-refractivity contribution < 1.29 is 43.5 Å². The van der Waals surface area contributed by atoms with Crippen LogP contribution in [0, 0.1) is 38.0 Å². The Hall–Kier alpha value is -6.05. The normalized spacial score (nSPS) is 13.8. The predicted molar refractivity (Wildman–Crippen MR) is 164 cm³/mol. The van der Waals surface area contributed by atoms with Gasteiger partial charge in [-0.25, -0.2) is 9.59 Å². The molecule has 0 radical (unpaired) electrons. The number of anilines is 2. The van der Waals surface area contributed by atoms with Crippen molar-refractivity contribution in [1.29, 1.82) is 0 Å². The number of carbonyl (C=O) groups excluding carboxylic acids is 2. The number of ether oxygens (including phenoxy) is 3. The van der Waals surface area contributed by atoms with E-state index in [9.17, 15) is 34.6 Å². The first-order chi connectivity index (χ1) is 22.0. The van der Waals surface area contributed by atoms with E-state index in [1.54, 1.807) is 12.2 Å². The van der Waals surface area contributed by atoms with Gasteiger partial charge in [0, 0.05) is 50.3 Å². The van der Waals surface area contributed by atoms with Crippen LogP contribution in [0.5, 0.6) is 11.5 Å². The van der Waals surface area contributed by atoms with Crippen LogP contribution in [-0.4, -0.2) is 84.8 Å². The van der Waals surface area contributed by atoms with E-state index in [-0.39, 0.29) is 59.6 Å². The number of hydrogen-bond donors (Lipinski definition) is 4. The molecule has 0 aliphatic carbocycles. The molecule has 17 nitrogen and oxygen atoms in total. The largest absolute Gasteiger partial charge is 0.494 e. The summed E-state index contributed by atoms with van der Waals surface area (Å²) in [6, 6.07) is 4.64. The van der Waals surface area contributed by atoms with Crippen LogP contribution in [0.3, 0.4) is 0 Å². The highest BCUT2D eigenvalue weighted by Crippen LogP contribution is 2.37. The van der Waals surface area contributed by atoms with Gasteiger partial charge in [-0.3, -0.25) is 25.0 Å². The molecule has 1 fully saturated rings. The molecule has 1 heterocycles. The van der Waals surface area contributed by atoms with E-state index in [1.807, 2.05) is 0 Å². The summed E-state index contributed by atoms with van der Waals surface area (Å²) < 4.78 is 15.5. The standard InChI is InChI=1S/C29H32N6O11/c1-44-23-16-20(28(37)45-2)14-22(35(42)43)25(23)31-9-4-5-10-32-26-21(34(40)41)13-19(27(30)36)15-24(26)46-12-6-3-7-18-8-11-33(17-18)29(38)39/h4-5,13-16,18,31-32H,7-12,17H2,1-2H3,(H2,30,36)(H,38,39). The molecule has 2 aromatic rings.